The highest BCUT2D eigenvalue weighted by Crippen LogP contribution is 2.67. The van der Waals surface area contributed by atoms with E-state index in [0.29, 0.717) is 43.1 Å². The molecule has 8 nitrogen and oxygen atoms in total. The number of nitrogens with zero attached hydrogens (tertiary/aromatic N) is 2. The third-order valence-electron chi connectivity index (χ3n) is 9.05. The minimum absolute atomic E-state index is 0.198. The lowest BCUT2D eigenvalue weighted by molar-refractivity contribution is -0.147. The van der Waals surface area contributed by atoms with Crippen LogP contribution < -0.4 is 5.32 Å². The predicted octanol–water partition coefficient (Wildman–Crippen LogP) is 3.99. The van der Waals surface area contributed by atoms with Crippen LogP contribution in [0.2, 0.25) is 0 Å². The number of ketones is 1. The van der Waals surface area contributed by atoms with Crippen molar-refractivity contribution < 1.29 is 23.9 Å². The number of para-hydroxylation sites is 1. The molecular formula is C33H31N3O5S. The topological polar surface area (TPSA) is 88.2 Å². The molecule has 9 heteroatoms. The molecule has 42 heavy (non-hydrogen) atoms. The first kappa shape index (κ1) is 26.9. The van der Waals surface area contributed by atoms with E-state index in [1.165, 1.54) is 18.9 Å². The number of Topliss-reactive ketones (excluding diaryl/α,β-unsaturated/α-hetero) is 1. The van der Waals surface area contributed by atoms with Crippen molar-refractivity contribution >= 4 is 40.7 Å². The first-order valence-corrected chi connectivity index (χ1v) is 14.9. The number of ether oxygens (including phenoxy) is 2. The van der Waals surface area contributed by atoms with Crippen molar-refractivity contribution in [3.8, 4) is 11.1 Å². The van der Waals surface area contributed by atoms with Crippen LogP contribution in [0.5, 0.6) is 0 Å². The average molecular weight is 582 g/mol. The molecule has 214 valence electrons. The second-order valence-electron chi connectivity index (χ2n) is 11.1. The van der Waals surface area contributed by atoms with E-state index in [4.69, 9.17) is 9.47 Å². The quantitative estimate of drug-likeness (QED) is 0.463. The number of thioether (sulfide) groups is 1. The first-order chi connectivity index (χ1) is 20.4. The molecule has 0 aromatic heterocycles. The van der Waals surface area contributed by atoms with Gasteiger partial charge in [0.2, 0.25) is 0 Å². The normalized spacial score (nSPS) is 27.2. The lowest BCUT2D eigenvalue weighted by Gasteiger charge is -2.42. The molecule has 4 heterocycles. The Bertz CT molecular complexity index is 1620. The second-order valence-corrected chi connectivity index (χ2v) is 12.3. The molecule has 1 amide bonds. The Labute approximate surface area is 248 Å². The molecule has 4 aliphatic rings. The largest absolute Gasteiger partial charge is 0.469 e. The maximum absolute atomic E-state index is 15.3. The fraction of sp³-hybridized carbons (Fsp3) is 0.303. The molecular weight excluding hydrogens is 550 g/mol. The summed E-state index contributed by atoms with van der Waals surface area (Å²) < 4.78 is 9.49. The van der Waals surface area contributed by atoms with Gasteiger partial charge >= 0.3 is 5.97 Å². The van der Waals surface area contributed by atoms with Gasteiger partial charge in [-0.1, -0.05) is 84.6 Å². The summed E-state index contributed by atoms with van der Waals surface area (Å²) in [6, 6.07) is 25.5. The zero-order chi connectivity index (χ0) is 29.1. The summed E-state index contributed by atoms with van der Waals surface area (Å²) in [6.07, 6.45) is 0. The van der Waals surface area contributed by atoms with E-state index >= 15 is 4.79 Å². The van der Waals surface area contributed by atoms with Crippen molar-refractivity contribution in [2.24, 2.45) is 5.92 Å². The van der Waals surface area contributed by atoms with Gasteiger partial charge in [0, 0.05) is 30.9 Å². The molecule has 4 aliphatic heterocycles. The molecule has 0 bridgehead atoms. The number of allylic oxidation sites excluding steroid dienone is 1. The highest BCUT2D eigenvalue weighted by atomic mass is 32.2. The molecule has 0 saturated carbocycles. The lowest BCUT2D eigenvalue weighted by atomic mass is 9.70. The standard InChI is InChI=1S/C33H31N3O5S/c1-35-20-25(30(38)40-2)33(32(35)24-10-6-7-11-26(24)34-31(32)39)28(37)27(29(42-33)36-16-18-41-19-17-36)23-14-12-22(13-15-23)21-8-4-3-5-9-21/h3-15,25H,16-20H2,1-2H3,(H,34,39)/t25-,32-,33-/m0/s1. The highest BCUT2D eigenvalue weighted by molar-refractivity contribution is 8.06. The van der Waals surface area contributed by atoms with Gasteiger partial charge in [-0.3, -0.25) is 19.3 Å². The van der Waals surface area contributed by atoms with Gasteiger partial charge in [0.05, 0.1) is 36.8 Å². The van der Waals surface area contributed by atoms with Crippen molar-refractivity contribution in [2.45, 2.75) is 10.3 Å². The smallest absolute Gasteiger partial charge is 0.311 e. The number of fused-ring (bicyclic) bond motifs is 3. The van der Waals surface area contributed by atoms with Crippen LogP contribution in [0.4, 0.5) is 5.69 Å². The Balaban J connectivity index is 1.43. The third-order valence-corrected chi connectivity index (χ3v) is 10.8. The molecule has 1 N–H and O–H groups in total. The summed E-state index contributed by atoms with van der Waals surface area (Å²) >= 11 is 1.35. The van der Waals surface area contributed by atoms with Crippen LogP contribution in [0.1, 0.15) is 11.1 Å². The number of rotatable bonds is 4. The van der Waals surface area contributed by atoms with Crippen molar-refractivity contribution in [2.75, 3.05) is 52.3 Å². The van der Waals surface area contributed by atoms with Crippen LogP contribution in [-0.4, -0.2) is 79.2 Å². The van der Waals surface area contributed by atoms with E-state index in [9.17, 15) is 9.59 Å². The number of likely N-dealkylation sites (tertiary alicyclic amines) is 1. The summed E-state index contributed by atoms with van der Waals surface area (Å²) in [7, 11) is 3.16. The van der Waals surface area contributed by atoms with Crippen LogP contribution in [0.15, 0.2) is 83.9 Å². The summed E-state index contributed by atoms with van der Waals surface area (Å²) in [5, 5.41) is 3.81. The number of benzene rings is 3. The minimum Gasteiger partial charge on any atom is -0.469 e. The van der Waals surface area contributed by atoms with Gasteiger partial charge in [-0.05, 0) is 29.8 Å². The Kier molecular flexibility index (Phi) is 6.49. The van der Waals surface area contributed by atoms with Crippen LogP contribution in [-0.2, 0) is 29.4 Å². The number of hydrogen-bond donors (Lipinski definition) is 1. The maximum atomic E-state index is 15.3. The van der Waals surface area contributed by atoms with Gasteiger partial charge < -0.3 is 19.7 Å². The summed E-state index contributed by atoms with van der Waals surface area (Å²) in [4.78, 5) is 47.1. The van der Waals surface area contributed by atoms with E-state index in [-0.39, 0.29) is 18.2 Å². The SMILES string of the molecule is COC(=O)[C@@H]1CN(C)[C@@]2(C(=O)Nc3ccccc32)[C@]12SC(N1CCOCC1)=C(c1ccc(-c3ccccc3)cc1)C2=O. The molecule has 0 unspecified atom stereocenters. The molecule has 3 atom stereocenters. The monoisotopic (exact) mass is 581 g/mol. The second kappa shape index (κ2) is 10.1. The molecule has 3 aromatic rings. The Hall–Kier alpha value is -3.92. The highest BCUT2D eigenvalue weighted by Gasteiger charge is 2.78. The number of carbonyl (C=O) groups excluding carboxylic acids is 3. The number of esters is 1. The average Bonchev–Trinajstić information content (AvgIpc) is 3.61. The lowest BCUT2D eigenvalue weighted by Crippen LogP contribution is -2.62. The van der Waals surface area contributed by atoms with E-state index in [0.717, 1.165) is 21.7 Å². The Morgan fingerprint density at radius 3 is 2.29 bits per heavy atom. The van der Waals surface area contributed by atoms with E-state index in [1.807, 2.05) is 90.8 Å². The number of nitrogens with one attached hydrogen (secondary N) is 1. The number of morpholine rings is 1. The number of hydrogen-bond acceptors (Lipinski definition) is 8. The van der Waals surface area contributed by atoms with Gasteiger partial charge in [0.15, 0.2) is 11.3 Å². The van der Waals surface area contributed by atoms with E-state index in [2.05, 4.69) is 10.2 Å². The van der Waals surface area contributed by atoms with Crippen LogP contribution >= 0.6 is 11.8 Å². The van der Waals surface area contributed by atoms with Crippen LogP contribution in [0, 0.1) is 5.92 Å². The minimum atomic E-state index is -1.48. The molecule has 0 radical (unpaired) electrons. The van der Waals surface area contributed by atoms with Gasteiger partial charge in [-0.2, -0.15) is 0 Å². The van der Waals surface area contributed by atoms with E-state index in [1.54, 1.807) is 0 Å². The Morgan fingerprint density at radius 2 is 1.57 bits per heavy atom. The van der Waals surface area contributed by atoms with Crippen molar-refractivity contribution in [3.63, 3.8) is 0 Å². The molecule has 3 aromatic carbocycles. The zero-order valence-corrected chi connectivity index (χ0v) is 24.3. The fourth-order valence-corrected chi connectivity index (χ4v) is 9.10. The summed E-state index contributed by atoms with van der Waals surface area (Å²) in [5.41, 5.74) is 3.35. The van der Waals surface area contributed by atoms with Gasteiger partial charge in [-0.15, -0.1) is 0 Å². The van der Waals surface area contributed by atoms with E-state index < -0.39 is 22.2 Å². The maximum Gasteiger partial charge on any atom is 0.311 e. The number of amides is 1. The van der Waals surface area contributed by atoms with Crippen LogP contribution in [0.25, 0.3) is 16.7 Å². The Morgan fingerprint density at radius 1 is 0.929 bits per heavy atom. The first-order valence-electron chi connectivity index (χ1n) is 14.1. The van der Waals surface area contributed by atoms with Gasteiger partial charge in [0.25, 0.3) is 5.91 Å². The predicted molar refractivity (Wildman–Crippen MR) is 161 cm³/mol. The zero-order valence-electron chi connectivity index (χ0n) is 23.5. The third kappa shape index (κ3) is 3.60. The van der Waals surface area contributed by atoms with Crippen molar-refractivity contribution in [1.29, 1.82) is 0 Å². The van der Waals surface area contributed by atoms with Crippen molar-refractivity contribution in [1.82, 2.24) is 9.80 Å². The number of methoxy groups -OCH3 is 1. The number of carbonyl (C=O) groups is 3. The molecule has 0 aliphatic carbocycles. The molecule has 2 saturated heterocycles. The fourth-order valence-electron chi connectivity index (χ4n) is 7.15. The molecule has 2 fully saturated rings. The van der Waals surface area contributed by atoms with Gasteiger partial charge in [0.1, 0.15) is 4.75 Å². The summed E-state index contributed by atoms with van der Waals surface area (Å²) in [6.45, 7) is 2.46. The molecule has 7 rings (SSSR count). The number of likely N-dealkylation sites (N-methyl/N-ethyl adjacent to an activating group) is 1. The summed E-state index contributed by atoms with van der Waals surface area (Å²) in [5.74, 6) is -1.91. The number of anilines is 1. The van der Waals surface area contributed by atoms with Crippen LogP contribution in [0.3, 0.4) is 0 Å². The molecule has 2 spiro atoms. The van der Waals surface area contributed by atoms with Gasteiger partial charge in [-0.25, -0.2) is 0 Å². The van der Waals surface area contributed by atoms with Crippen molar-refractivity contribution in [3.05, 3.63) is 95.0 Å².